The molecule has 0 amide bonds. The molecule has 4 heteroatoms. The van der Waals surface area contributed by atoms with Gasteiger partial charge in [-0.05, 0) is 12.5 Å². The van der Waals surface area contributed by atoms with Gasteiger partial charge in [-0.15, -0.1) is 0 Å². The number of benzene rings is 1. The molecule has 1 atom stereocenters. The zero-order chi connectivity index (χ0) is 13.4. The van der Waals surface area contributed by atoms with Crippen LogP contribution in [0, 0.1) is 0 Å². The SMILES string of the molecule is CO/C(=C/C=O)C(=O)[C@H](C)OCc1ccccc1. The van der Waals surface area contributed by atoms with Crippen LogP contribution in [-0.2, 0) is 25.7 Å². The lowest BCUT2D eigenvalue weighted by atomic mass is 10.2. The first kappa shape index (κ1) is 14.1. The predicted octanol–water partition coefficient (Wildman–Crippen LogP) is 1.89. The van der Waals surface area contributed by atoms with E-state index in [2.05, 4.69) is 0 Å². The smallest absolute Gasteiger partial charge is 0.225 e. The number of carbonyl (C=O) groups excluding carboxylic acids is 2. The highest BCUT2D eigenvalue weighted by Gasteiger charge is 2.18. The second-order valence-corrected chi connectivity index (χ2v) is 3.67. The Morgan fingerprint density at radius 1 is 1.33 bits per heavy atom. The number of aldehydes is 1. The molecule has 0 radical (unpaired) electrons. The van der Waals surface area contributed by atoms with E-state index in [0.29, 0.717) is 12.9 Å². The van der Waals surface area contributed by atoms with Gasteiger partial charge in [-0.2, -0.15) is 0 Å². The molecule has 1 aromatic carbocycles. The zero-order valence-electron chi connectivity index (χ0n) is 10.5. The normalized spacial score (nSPS) is 12.9. The van der Waals surface area contributed by atoms with Crippen LogP contribution in [0.3, 0.4) is 0 Å². The Bertz CT molecular complexity index is 423. The summed E-state index contributed by atoms with van der Waals surface area (Å²) in [5, 5.41) is 0. The molecule has 0 aromatic heterocycles. The molecule has 0 heterocycles. The first-order chi connectivity index (χ1) is 8.69. The van der Waals surface area contributed by atoms with Crippen LogP contribution in [0.2, 0.25) is 0 Å². The molecule has 0 bridgehead atoms. The van der Waals surface area contributed by atoms with Crippen molar-refractivity contribution in [2.45, 2.75) is 19.6 Å². The van der Waals surface area contributed by atoms with E-state index in [0.717, 1.165) is 11.6 Å². The van der Waals surface area contributed by atoms with E-state index in [1.54, 1.807) is 6.92 Å². The first-order valence-electron chi connectivity index (χ1n) is 5.58. The Labute approximate surface area is 106 Å². The molecular weight excluding hydrogens is 232 g/mol. The van der Waals surface area contributed by atoms with Crippen molar-refractivity contribution in [2.24, 2.45) is 0 Å². The van der Waals surface area contributed by atoms with Crippen LogP contribution < -0.4 is 0 Å². The predicted molar refractivity (Wildman–Crippen MR) is 66.9 cm³/mol. The number of allylic oxidation sites excluding steroid dienone is 1. The van der Waals surface area contributed by atoms with Gasteiger partial charge in [0.25, 0.3) is 0 Å². The van der Waals surface area contributed by atoms with Gasteiger partial charge in [-0.1, -0.05) is 30.3 Å². The molecule has 0 N–H and O–H groups in total. The van der Waals surface area contributed by atoms with Crippen molar-refractivity contribution in [3.05, 3.63) is 47.7 Å². The Hall–Kier alpha value is -1.94. The molecule has 96 valence electrons. The van der Waals surface area contributed by atoms with Crippen molar-refractivity contribution in [1.29, 1.82) is 0 Å². The second-order valence-electron chi connectivity index (χ2n) is 3.67. The average molecular weight is 248 g/mol. The maximum Gasteiger partial charge on any atom is 0.225 e. The molecule has 0 saturated heterocycles. The number of methoxy groups -OCH3 is 1. The van der Waals surface area contributed by atoms with E-state index in [1.165, 1.54) is 7.11 Å². The molecule has 1 aromatic rings. The Balaban J connectivity index is 2.55. The molecule has 4 nitrogen and oxygen atoms in total. The van der Waals surface area contributed by atoms with E-state index < -0.39 is 6.10 Å². The fourth-order valence-electron chi connectivity index (χ4n) is 1.38. The standard InChI is InChI=1S/C14H16O4/c1-11(14(16)13(17-2)8-9-15)18-10-12-6-4-3-5-7-12/h3-9,11H,10H2,1-2H3/b13-8+/t11-/m0/s1. The molecule has 0 aliphatic rings. The average Bonchev–Trinajstić information content (AvgIpc) is 2.42. The Morgan fingerprint density at radius 2 is 2.00 bits per heavy atom. The van der Waals surface area contributed by atoms with Crippen molar-refractivity contribution >= 4 is 12.1 Å². The van der Waals surface area contributed by atoms with Crippen LogP contribution >= 0.6 is 0 Å². The van der Waals surface area contributed by atoms with Gasteiger partial charge in [-0.3, -0.25) is 9.59 Å². The van der Waals surface area contributed by atoms with Gasteiger partial charge in [0, 0.05) is 6.08 Å². The molecular formula is C14H16O4. The maximum absolute atomic E-state index is 11.8. The lowest BCUT2D eigenvalue weighted by Gasteiger charge is -2.13. The number of rotatable bonds is 7. The van der Waals surface area contributed by atoms with E-state index in [1.807, 2.05) is 30.3 Å². The number of hydrogen-bond donors (Lipinski definition) is 0. The summed E-state index contributed by atoms with van der Waals surface area (Å²) >= 11 is 0. The fourth-order valence-corrected chi connectivity index (χ4v) is 1.38. The third kappa shape index (κ3) is 4.14. The first-order valence-corrected chi connectivity index (χ1v) is 5.58. The summed E-state index contributed by atoms with van der Waals surface area (Å²) in [4.78, 5) is 22.1. The van der Waals surface area contributed by atoms with Gasteiger partial charge in [0.15, 0.2) is 5.76 Å². The minimum absolute atomic E-state index is 0.00515. The topological polar surface area (TPSA) is 52.6 Å². The fraction of sp³-hybridized carbons (Fsp3) is 0.286. The van der Waals surface area contributed by atoms with Gasteiger partial charge in [0.2, 0.25) is 5.78 Å². The Morgan fingerprint density at radius 3 is 2.56 bits per heavy atom. The van der Waals surface area contributed by atoms with Crippen LogP contribution in [0.25, 0.3) is 0 Å². The van der Waals surface area contributed by atoms with Crippen molar-refractivity contribution in [2.75, 3.05) is 7.11 Å². The summed E-state index contributed by atoms with van der Waals surface area (Å²) in [5.74, 6) is -0.342. The molecule has 0 aliphatic carbocycles. The van der Waals surface area contributed by atoms with Crippen molar-refractivity contribution in [3.8, 4) is 0 Å². The van der Waals surface area contributed by atoms with Gasteiger partial charge in [0.1, 0.15) is 12.4 Å². The van der Waals surface area contributed by atoms with Crippen LogP contribution in [0.15, 0.2) is 42.2 Å². The minimum atomic E-state index is -0.656. The van der Waals surface area contributed by atoms with Gasteiger partial charge in [0.05, 0.1) is 13.7 Å². The number of carbonyl (C=O) groups is 2. The molecule has 0 unspecified atom stereocenters. The summed E-state index contributed by atoms with van der Waals surface area (Å²) in [6.07, 6.45) is 0.946. The Kier molecular flexibility index (Phi) is 5.80. The third-order valence-electron chi connectivity index (χ3n) is 2.39. The van der Waals surface area contributed by atoms with E-state index in [9.17, 15) is 9.59 Å². The molecule has 1 rings (SSSR count). The van der Waals surface area contributed by atoms with E-state index in [4.69, 9.17) is 9.47 Å². The lowest BCUT2D eigenvalue weighted by molar-refractivity contribution is -0.129. The van der Waals surface area contributed by atoms with Crippen molar-refractivity contribution in [1.82, 2.24) is 0 Å². The summed E-state index contributed by atoms with van der Waals surface area (Å²) in [6.45, 7) is 1.97. The zero-order valence-corrected chi connectivity index (χ0v) is 10.5. The molecule has 0 aliphatic heterocycles. The molecule has 0 saturated carbocycles. The third-order valence-corrected chi connectivity index (χ3v) is 2.39. The highest BCUT2D eigenvalue weighted by Crippen LogP contribution is 2.08. The van der Waals surface area contributed by atoms with E-state index >= 15 is 0 Å². The summed E-state index contributed by atoms with van der Waals surface area (Å²) in [5.41, 5.74) is 0.982. The van der Waals surface area contributed by atoms with Crippen molar-refractivity contribution in [3.63, 3.8) is 0 Å². The highest BCUT2D eigenvalue weighted by molar-refractivity contribution is 5.99. The van der Waals surface area contributed by atoms with Gasteiger partial charge < -0.3 is 9.47 Å². The summed E-state index contributed by atoms with van der Waals surface area (Å²) in [6, 6.07) is 9.54. The van der Waals surface area contributed by atoms with Crippen molar-refractivity contribution < 1.29 is 19.1 Å². The monoisotopic (exact) mass is 248 g/mol. The van der Waals surface area contributed by atoms with Crippen LogP contribution in [0.4, 0.5) is 0 Å². The molecule has 0 spiro atoms. The highest BCUT2D eigenvalue weighted by atomic mass is 16.5. The maximum atomic E-state index is 11.8. The quantitative estimate of drug-likeness (QED) is 0.420. The van der Waals surface area contributed by atoms with Crippen LogP contribution in [0.5, 0.6) is 0 Å². The van der Waals surface area contributed by atoms with Gasteiger partial charge in [-0.25, -0.2) is 0 Å². The van der Waals surface area contributed by atoms with E-state index in [-0.39, 0.29) is 11.5 Å². The number of ether oxygens (including phenoxy) is 2. The molecule has 0 fully saturated rings. The van der Waals surface area contributed by atoms with Crippen LogP contribution in [-0.4, -0.2) is 25.3 Å². The number of hydrogen-bond acceptors (Lipinski definition) is 4. The molecule has 18 heavy (non-hydrogen) atoms. The van der Waals surface area contributed by atoms with Crippen LogP contribution in [0.1, 0.15) is 12.5 Å². The number of Topliss-reactive ketones (excluding diaryl/α,β-unsaturated/α-hetero) is 1. The second kappa shape index (κ2) is 7.40. The summed E-state index contributed by atoms with van der Waals surface area (Å²) < 4.78 is 10.3. The lowest BCUT2D eigenvalue weighted by Crippen LogP contribution is -2.23. The minimum Gasteiger partial charge on any atom is -0.493 e. The number of ketones is 1. The van der Waals surface area contributed by atoms with Gasteiger partial charge >= 0.3 is 0 Å². The largest absolute Gasteiger partial charge is 0.493 e. The summed E-state index contributed by atoms with van der Waals surface area (Å²) in [7, 11) is 1.34.